The summed E-state index contributed by atoms with van der Waals surface area (Å²) < 4.78 is 0. The summed E-state index contributed by atoms with van der Waals surface area (Å²) in [6, 6.07) is 5.79. The van der Waals surface area contributed by atoms with Crippen LogP contribution in [0.5, 0.6) is 0 Å². The summed E-state index contributed by atoms with van der Waals surface area (Å²) in [5.41, 5.74) is 5.65. The zero-order valence-electron chi connectivity index (χ0n) is 8.93. The van der Waals surface area contributed by atoms with Crippen molar-refractivity contribution in [2.45, 2.75) is 19.4 Å². The number of nitrogens with zero attached hydrogens (tertiary/aromatic N) is 2. The Hall–Kier alpha value is -1.29. The molecule has 4 heteroatoms. The van der Waals surface area contributed by atoms with Crippen LogP contribution < -0.4 is 10.6 Å². The van der Waals surface area contributed by atoms with Gasteiger partial charge >= 0.3 is 0 Å². The van der Waals surface area contributed by atoms with Gasteiger partial charge in [-0.05, 0) is 24.5 Å². The Morgan fingerprint density at radius 2 is 2.40 bits per heavy atom. The van der Waals surface area contributed by atoms with Gasteiger partial charge in [-0.2, -0.15) is 0 Å². The predicted molar refractivity (Wildman–Crippen MR) is 60.7 cm³/mol. The molecule has 0 radical (unpaired) electrons. The molecule has 0 amide bonds. The Bertz CT molecular complexity index is 342. The molecule has 2 heterocycles. The molecular formula is C11H17N3O. The highest BCUT2D eigenvalue weighted by atomic mass is 16.3. The lowest BCUT2D eigenvalue weighted by Crippen LogP contribution is -2.35. The second-order valence-corrected chi connectivity index (χ2v) is 4.13. The number of pyridine rings is 1. The molecule has 1 aliphatic heterocycles. The molecule has 1 aromatic rings. The van der Waals surface area contributed by atoms with Crippen LogP contribution >= 0.6 is 0 Å². The average Bonchev–Trinajstić information content (AvgIpc) is 2.59. The molecule has 0 saturated carbocycles. The van der Waals surface area contributed by atoms with E-state index in [9.17, 15) is 5.11 Å². The first kappa shape index (κ1) is 10.2. The van der Waals surface area contributed by atoms with E-state index in [0.717, 1.165) is 18.8 Å². The van der Waals surface area contributed by atoms with Crippen molar-refractivity contribution in [3.8, 4) is 0 Å². The molecular weight excluding hydrogens is 190 g/mol. The van der Waals surface area contributed by atoms with Gasteiger partial charge in [-0.25, -0.2) is 4.98 Å². The SMILES string of the molecule is CC1CCN(c2cccc(N)n2)C1CO. The summed E-state index contributed by atoms with van der Waals surface area (Å²) in [5, 5.41) is 9.34. The van der Waals surface area contributed by atoms with Gasteiger partial charge in [-0.15, -0.1) is 0 Å². The second-order valence-electron chi connectivity index (χ2n) is 4.13. The highest BCUT2D eigenvalue weighted by Crippen LogP contribution is 2.28. The van der Waals surface area contributed by atoms with E-state index < -0.39 is 0 Å². The first-order valence-corrected chi connectivity index (χ1v) is 5.32. The first-order valence-electron chi connectivity index (χ1n) is 5.32. The third-order valence-electron chi connectivity index (χ3n) is 3.12. The summed E-state index contributed by atoms with van der Waals surface area (Å²) in [4.78, 5) is 6.42. The van der Waals surface area contributed by atoms with Crippen molar-refractivity contribution >= 4 is 11.6 Å². The van der Waals surface area contributed by atoms with Gasteiger partial charge in [0.15, 0.2) is 0 Å². The number of nitrogen functional groups attached to an aromatic ring is 1. The quantitative estimate of drug-likeness (QED) is 0.755. The number of aromatic nitrogens is 1. The van der Waals surface area contributed by atoms with Gasteiger partial charge in [0, 0.05) is 6.54 Å². The molecule has 2 atom stereocenters. The zero-order chi connectivity index (χ0) is 10.8. The maximum Gasteiger partial charge on any atom is 0.131 e. The van der Waals surface area contributed by atoms with Gasteiger partial charge in [0.25, 0.3) is 0 Å². The van der Waals surface area contributed by atoms with Gasteiger partial charge in [0.05, 0.1) is 12.6 Å². The van der Waals surface area contributed by atoms with E-state index in [-0.39, 0.29) is 12.6 Å². The Morgan fingerprint density at radius 1 is 1.60 bits per heavy atom. The largest absolute Gasteiger partial charge is 0.394 e. The highest BCUT2D eigenvalue weighted by Gasteiger charge is 2.31. The lowest BCUT2D eigenvalue weighted by atomic mass is 10.0. The summed E-state index contributed by atoms with van der Waals surface area (Å²) >= 11 is 0. The normalized spacial score (nSPS) is 25.9. The van der Waals surface area contributed by atoms with Crippen molar-refractivity contribution in [1.82, 2.24) is 4.98 Å². The van der Waals surface area contributed by atoms with Crippen LogP contribution in [-0.2, 0) is 0 Å². The van der Waals surface area contributed by atoms with Crippen LogP contribution in [0.1, 0.15) is 13.3 Å². The van der Waals surface area contributed by atoms with E-state index in [1.807, 2.05) is 12.1 Å². The van der Waals surface area contributed by atoms with Crippen LogP contribution in [0.3, 0.4) is 0 Å². The Morgan fingerprint density at radius 3 is 3.07 bits per heavy atom. The van der Waals surface area contributed by atoms with Crippen LogP contribution in [0.4, 0.5) is 11.6 Å². The minimum atomic E-state index is 0.178. The second kappa shape index (κ2) is 4.06. The number of nitrogens with two attached hydrogens (primary N) is 1. The van der Waals surface area contributed by atoms with E-state index >= 15 is 0 Å². The topological polar surface area (TPSA) is 62.4 Å². The van der Waals surface area contributed by atoms with Crippen molar-refractivity contribution in [2.75, 3.05) is 23.8 Å². The maximum absolute atomic E-state index is 9.34. The number of aliphatic hydroxyl groups excluding tert-OH is 1. The standard InChI is InChI=1S/C11H17N3O/c1-8-5-6-14(9(8)7-15)11-4-2-3-10(12)13-11/h2-4,8-9,15H,5-7H2,1H3,(H2,12,13). The molecule has 0 aliphatic carbocycles. The van der Waals surface area contributed by atoms with Crippen molar-refractivity contribution in [1.29, 1.82) is 0 Å². The molecule has 15 heavy (non-hydrogen) atoms. The Labute approximate surface area is 89.7 Å². The van der Waals surface area contributed by atoms with Gasteiger partial charge in [-0.1, -0.05) is 13.0 Å². The summed E-state index contributed by atoms with van der Waals surface area (Å²) in [6.07, 6.45) is 1.10. The lowest BCUT2D eigenvalue weighted by Gasteiger charge is -2.26. The first-order chi connectivity index (χ1) is 7.22. The van der Waals surface area contributed by atoms with Gasteiger partial charge in [0.2, 0.25) is 0 Å². The van der Waals surface area contributed by atoms with Crippen LogP contribution in [0, 0.1) is 5.92 Å². The minimum absolute atomic E-state index is 0.178. The van der Waals surface area contributed by atoms with E-state index in [2.05, 4.69) is 16.8 Å². The molecule has 1 aromatic heterocycles. The molecule has 2 unspecified atom stereocenters. The van der Waals surface area contributed by atoms with Crippen molar-refractivity contribution in [3.05, 3.63) is 18.2 Å². The van der Waals surface area contributed by atoms with E-state index in [1.165, 1.54) is 0 Å². The Balaban J connectivity index is 2.23. The molecule has 1 fully saturated rings. The number of hydrogen-bond acceptors (Lipinski definition) is 4. The fourth-order valence-corrected chi connectivity index (χ4v) is 2.17. The van der Waals surface area contributed by atoms with Crippen LogP contribution in [-0.4, -0.2) is 29.3 Å². The molecule has 1 aliphatic rings. The van der Waals surface area contributed by atoms with Crippen molar-refractivity contribution in [3.63, 3.8) is 0 Å². The number of rotatable bonds is 2. The van der Waals surface area contributed by atoms with Gasteiger partial charge in [0.1, 0.15) is 11.6 Å². The summed E-state index contributed by atoms with van der Waals surface area (Å²) in [5.74, 6) is 1.92. The van der Waals surface area contributed by atoms with E-state index in [1.54, 1.807) is 6.07 Å². The smallest absolute Gasteiger partial charge is 0.131 e. The van der Waals surface area contributed by atoms with Gasteiger partial charge < -0.3 is 15.7 Å². The fourth-order valence-electron chi connectivity index (χ4n) is 2.17. The molecule has 1 saturated heterocycles. The monoisotopic (exact) mass is 207 g/mol. The van der Waals surface area contributed by atoms with E-state index in [0.29, 0.717) is 11.7 Å². The van der Waals surface area contributed by atoms with Crippen molar-refractivity contribution < 1.29 is 5.11 Å². The van der Waals surface area contributed by atoms with Crippen LogP contribution in [0.15, 0.2) is 18.2 Å². The summed E-state index contributed by atoms with van der Waals surface area (Å²) in [7, 11) is 0. The molecule has 0 aromatic carbocycles. The van der Waals surface area contributed by atoms with Crippen LogP contribution in [0.2, 0.25) is 0 Å². The Kier molecular flexibility index (Phi) is 2.77. The average molecular weight is 207 g/mol. The number of anilines is 2. The zero-order valence-corrected chi connectivity index (χ0v) is 8.93. The molecule has 3 N–H and O–H groups in total. The predicted octanol–water partition coefficient (Wildman–Crippen LogP) is 0.871. The number of aliphatic hydroxyl groups is 1. The third kappa shape index (κ3) is 1.90. The molecule has 4 nitrogen and oxygen atoms in total. The molecule has 82 valence electrons. The van der Waals surface area contributed by atoms with Crippen LogP contribution in [0.25, 0.3) is 0 Å². The third-order valence-corrected chi connectivity index (χ3v) is 3.12. The van der Waals surface area contributed by atoms with E-state index in [4.69, 9.17) is 5.73 Å². The molecule has 0 spiro atoms. The molecule has 0 bridgehead atoms. The maximum atomic E-state index is 9.34. The summed E-state index contributed by atoms with van der Waals surface area (Å²) in [6.45, 7) is 3.29. The highest BCUT2D eigenvalue weighted by molar-refractivity contribution is 5.46. The number of hydrogen-bond donors (Lipinski definition) is 2. The minimum Gasteiger partial charge on any atom is -0.394 e. The fraction of sp³-hybridized carbons (Fsp3) is 0.545. The van der Waals surface area contributed by atoms with Gasteiger partial charge in [-0.3, -0.25) is 0 Å². The molecule has 2 rings (SSSR count). The van der Waals surface area contributed by atoms with Crippen molar-refractivity contribution in [2.24, 2.45) is 5.92 Å². The lowest BCUT2D eigenvalue weighted by molar-refractivity contribution is 0.244.